The van der Waals surface area contributed by atoms with Crippen molar-refractivity contribution in [3.05, 3.63) is 0 Å². The van der Waals surface area contributed by atoms with Gasteiger partial charge in [0.1, 0.15) is 0 Å². The molecule has 1 fully saturated rings. The van der Waals surface area contributed by atoms with Crippen molar-refractivity contribution >= 4 is 5.97 Å². The number of hydrogen-bond acceptors (Lipinski definition) is 2. The van der Waals surface area contributed by atoms with E-state index >= 15 is 0 Å². The van der Waals surface area contributed by atoms with Gasteiger partial charge in [0.25, 0.3) is 0 Å². The van der Waals surface area contributed by atoms with Crippen LogP contribution in [0.15, 0.2) is 0 Å². The second-order valence-corrected chi connectivity index (χ2v) is 4.24. The van der Waals surface area contributed by atoms with E-state index < -0.39 is 0 Å². The molecule has 0 aliphatic heterocycles. The Kier molecular flexibility index (Phi) is 4.26. The minimum atomic E-state index is -0.0710. The molecule has 1 atom stereocenters. The molecule has 0 heterocycles. The molecule has 0 bridgehead atoms. The number of methoxy groups -OCH3 is 1. The second-order valence-electron chi connectivity index (χ2n) is 4.24. The summed E-state index contributed by atoms with van der Waals surface area (Å²) in [6, 6.07) is 0. The third-order valence-electron chi connectivity index (χ3n) is 2.83. The summed E-state index contributed by atoms with van der Waals surface area (Å²) < 4.78 is 4.60. The fraction of sp³-hybridized carbons (Fsp3) is 0.909. The largest absolute Gasteiger partial charge is 0.469 e. The quantitative estimate of drug-likeness (QED) is 0.593. The lowest BCUT2D eigenvalue weighted by Crippen LogP contribution is -2.04. The van der Waals surface area contributed by atoms with Gasteiger partial charge in [0, 0.05) is 6.42 Å². The summed E-state index contributed by atoms with van der Waals surface area (Å²) in [5.41, 5.74) is 0. The molecule has 1 unspecified atom stereocenters. The van der Waals surface area contributed by atoms with Crippen molar-refractivity contribution in [2.75, 3.05) is 7.11 Å². The Labute approximate surface area is 80.7 Å². The van der Waals surface area contributed by atoms with Gasteiger partial charge in [0.05, 0.1) is 7.11 Å². The molecule has 0 amide bonds. The van der Waals surface area contributed by atoms with Crippen LogP contribution in [0.2, 0.25) is 0 Å². The zero-order valence-corrected chi connectivity index (χ0v) is 8.71. The summed E-state index contributed by atoms with van der Waals surface area (Å²) in [7, 11) is 1.46. The summed E-state index contributed by atoms with van der Waals surface area (Å²) >= 11 is 0. The average Bonchev–Trinajstić information content (AvgIpc) is 2.94. The lowest BCUT2D eigenvalue weighted by atomic mass is 9.98. The molecule has 1 aliphatic carbocycles. The molecule has 0 spiro atoms. The highest BCUT2D eigenvalue weighted by atomic mass is 16.5. The van der Waals surface area contributed by atoms with Crippen LogP contribution in [-0.2, 0) is 9.53 Å². The number of carbonyl (C=O) groups is 1. The van der Waals surface area contributed by atoms with Crippen molar-refractivity contribution in [3.63, 3.8) is 0 Å². The van der Waals surface area contributed by atoms with E-state index in [0.29, 0.717) is 12.3 Å². The maximum Gasteiger partial charge on any atom is 0.305 e. The second kappa shape index (κ2) is 5.25. The molecule has 76 valence electrons. The smallest absolute Gasteiger partial charge is 0.305 e. The van der Waals surface area contributed by atoms with Crippen molar-refractivity contribution in [2.45, 2.75) is 45.4 Å². The Balaban J connectivity index is 1.95. The molecule has 1 aliphatic rings. The van der Waals surface area contributed by atoms with Gasteiger partial charge < -0.3 is 4.74 Å². The lowest BCUT2D eigenvalue weighted by molar-refractivity contribution is -0.140. The van der Waals surface area contributed by atoms with Crippen LogP contribution in [-0.4, -0.2) is 13.1 Å². The van der Waals surface area contributed by atoms with Gasteiger partial charge in [-0.2, -0.15) is 0 Å². The van der Waals surface area contributed by atoms with Crippen LogP contribution < -0.4 is 0 Å². The predicted molar refractivity (Wildman–Crippen MR) is 52.4 cm³/mol. The number of hydrogen-bond donors (Lipinski definition) is 0. The van der Waals surface area contributed by atoms with E-state index in [-0.39, 0.29) is 5.97 Å². The summed E-state index contributed by atoms with van der Waals surface area (Å²) in [6.07, 6.45) is 7.08. The van der Waals surface area contributed by atoms with Crippen LogP contribution in [0.5, 0.6) is 0 Å². The molecule has 0 saturated heterocycles. The Morgan fingerprint density at radius 2 is 2.15 bits per heavy atom. The molecule has 0 N–H and O–H groups in total. The van der Waals surface area contributed by atoms with Gasteiger partial charge in [-0.15, -0.1) is 0 Å². The lowest BCUT2D eigenvalue weighted by Gasteiger charge is -2.09. The molecule has 2 heteroatoms. The van der Waals surface area contributed by atoms with E-state index in [1.165, 1.54) is 32.8 Å². The Bertz CT molecular complexity index is 161. The number of rotatable bonds is 6. The van der Waals surface area contributed by atoms with Gasteiger partial charge in [0.2, 0.25) is 0 Å². The van der Waals surface area contributed by atoms with Gasteiger partial charge in [-0.25, -0.2) is 0 Å². The fourth-order valence-corrected chi connectivity index (χ4v) is 1.54. The highest BCUT2D eigenvalue weighted by Crippen LogP contribution is 2.35. The van der Waals surface area contributed by atoms with E-state index in [9.17, 15) is 4.79 Å². The molecule has 0 aromatic heterocycles. The van der Waals surface area contributed by atoms with E-state index in [1.807, 2.05) is 0 Å². The zero-order valence-electron chi connectivity index (χ0n) is 8.71. The third-order valence-corrected chi connectivity index (χ3v) is 2.83. The molecule has 0 aromatic rings. The maximum absolute atomic E-state index is 10.8. The van der Waals surface area contributed by atoms with Gasteiger partial charge in [0.15, 0.2) is 0 Å². The minimum absolute atomic E-state index is 0.0710. The molecular formula is C11H20O2. The monoisotopic (exact) mass is 184 g/mol. The summed E-state index contributed by atoms with van der Waals surface area (Å²) in [6.45, 7) is 2.23. The number of esters is 1. The van der Waals surface area contributed by atoms with Gasteiger partial charge >= 0.3 is 5.97 Å². The summed E-state index contributed by atoms with van der Waals surface area (Å²) in [5.74, 6) is 1.62. The van der Waals surface area contributed by atoms with Crippen LogP contribution >= 0.6 is 0 Å². The molecular weight excluding hydrogens is 164 g/mol. The summed E-state index contributed by atoms with van der Waals surface area (Å²) in [4.78, 5) is 10.8. The maximum atomic E-state index is 10.8. The van der Waals surface area contributed by atoms with E-state index in [0.717, 1.165) is 12.3 Å². The fourth-order valence-electron chi connectivity index (χ4n) is 1.54. The standard InChI is InChI=1S/C11H20O2/c1-9(3-5-10-6-7-10)4-8-11(12)13-2/h9-10H,3-8H2,1-2H3. The van der Waals surface area contributed by atoms with E-state index in [1.54, 1.807) is 0 Å². The first-order valence-corrected chi connectivity index (χ1v) is 5.29. The van der Waals surface area contributed by atoms with Crippen LogP contribution in [0.1, 0.15) is 45.4 Å². The van der Waals surface area contributed by atoms with Crippen LogP contribution in [0.3, 0.4) is 0 Å². The highest BCUT2D eigenvalue weighted by Gasteiger charge is 2.21. The first-order valence-electron chi connectivity index (χ1n) is 5.29. The molecule has 0 aromatic carbocycles. The SMILES string of the molecule is COC(=O)CCC(C)CCC1CC1. The van der Waals surface area contributed by atoms with E-state index in [2.05, 4.69) is 11.7 Å². The van der Waals surface area contributed by atoms with Gasteiger partial charge in [-0.1, -0.05) is 32.6 Å². The summed E-state index contributed by atoms with van der Waals surface area (Å²) in [5, 5.41) is 0. The van der Waals surface area contributed by atoms with E-state index in [4.69, 9.17) is 0 Å². The Morgan fingerprint density at radius 3 is 2.69 bits per heavy atom. The molecule has 0 radical (unpaired) electrons. The first-order chi connectivity index (χ1) is 6.22. The normalized spacial score (nSPS) is 18.3. The van der Waals surface area contributed by atoms with Gasteiger partial charge in [-0.05, 0) is 18.3 Å². The highest BCUT2D eigenvalue weighted by molar-refractivity contribution is 5.69. The molecule has 13 heavy (non-hydrogen) atoms. The number of ether oxygens (including phenoxy) is 1. The van der Waals surface area contributed by atoms with Crippen molar-refractivity contribution < 1.29 is 9.53 Å². The topological polar surface area (TPSA) is 26.3 Å². The minimum Gasteiger partial charge on any atom is -0.469 e. The van der Waals surface area contributed by atoms with Crippen LogP contribution in [0, 0.1) is 11.8 Å². The zero-order chi connectivity index (χ0) is 9.68. The average molecular weight is 184 g/mol. The van der Waals surface area contributed by atoms with Crippen molar-refractivity contribution in [2.24, 2.45) is 11.8 Å². The Morgan fingerprint density at radius 1 is 1.46 bits per heavy atom. The predicted octanol–water partition coefficient (Wildman–Crippen LogP) is 2.77. The van der Waals surface area contributed by atoms with Gasteiger partial charge in [-0.3, -0.25) is 4.79 Å². The number of carbonyl (C=O) groups excluding carboxylic acids is 1. The van der Waals surface area contributed by atoms with Crippen molar-refractivity contribution in [1.82, 2.24) is 0 Å². The third kappa shape index (κ3) is 4.91. The Hall–Kier alpha value is -0.530. The van der Waals surface area contributed by atoms with Crippen molar-refractivity contribution in [3.8, 4) is 0 Å². The van der Waals surface area contributed by atoms with Crippen LogP contribution in [0.25, 0.3) is 0 Å². The molecule has 1 rings (SSSR count). The van der Waals surface area contributed by atoms with Crippen LogP contribution in [0.4, 0.5) is 0 Å². The van der Waals surface area contributed by atoms with Crippen molar-refractivity contribution in [1.29, 1.82) is 0 Å². The molecule has 2 nitrogen and oxygen atoms in total. The molecule has 1 saturated carbocycles. The first kappa shape index (κ1) is 10.6.